The molecule has 0 spiro atoms. The van der Waals surface area contributed by atoms with Crippen molar-refractivity contribution in [2.75, 3.05) is 20.8 Å². The van der Waals surface area contributed by atoms with Crippen molar-refractivity contribution in [3.05, 3.63) is 62.5 Å². The second-order valence-corrected chi connectivity index (χ2v) is 8.46. The molecule has 1 aliphatic heterocycles. The summed E-state index contributed by atoms with van der Waals surface area (Å²) in [4.78, 5) is 14.9. The number of rotatable bonds is 6. The average Bonchev–Trinajstić information content (AvgIpc) is 2.95. The van der Waals surface area contributed by atoms with Gasteiger partial charge in [-0.3, -0.25) is 9.69 Å². The molecule has 0 unspecified atom stereocenters. The molecule has 0 N–H and O–H groups in total. The Morgan fingerprint density at radius 3 is 2.54 bits per heavy atom. The number of halogens is 2. The predicted octanol–water partition coefficient (Wildman–Crippen LogP) is 5.45. The molecule has 2 aromatic rings. The van der Waals surface area contributed by atoms with Crippen LogP contribution in [0.3, 0.4) is 0 Å². The first-order valence-corrected chi connectivity index (χ1v) is 10.3. The number of carbonyl (C=O) groups excluding carboxylic acids is 1. The molecule has 0 aromatic heterocycles. The van der Waals surface area contributed by atoms with Crippen molar-refractivity contribution < 1.29 is 14.3 Å². The number of ether oxygens (including phenoxy) is 2. The molecule has 2 aromatic carbocycles. The highest BCUT2D eigenvalue weighted by Gasteiger charge is 2.31. The van der Waals surface area contributed by atoms with Gasteiger partial charge in [-0.05, 0) is 47.9 Å². The summed E-state index contributed by atoms with van der Waals surface area (Å²) in [6, 6.07) is 10.9. The number of methoxy groups -OCH3 is 2. The molecule has 146 valence electrons. The number of nitrogens with zero attached hydrogens (tertiary/aromatic N) is 1. The molecule has 0 aliphatic carbocycles. The van der Waals surface area contributed by atoms with Crippen LogP contribution in [0.1, 0.15) is 11.1 Å². The Balaban J connectivity index is 1.73. The lowest BCUT2D eigenvalue weighted by atomic mass is 10.1. The van der Waals surface area contributed by atoms with Crippen LogP contribution in [0.4, 0.5) is 0 Å². The Morgan fingerprint density at radius 2 is 1.86 bits per heavy atom. The van der Waals surface area contributed by atoms with Gasteiger partial charge >= 0.3 is 0 Å². The molecule has 8 heteroatoms. The lowest BCUT2D eigenvalue weighted by Gasteiger charge is -2.15. The summed E-state index contributed by atoms with van der Waals surface area (Å²) in [5.41, 5.74) is 1.75. The molecular formula is C20H17Cl2NO3S2. The summed E-state index contributed by atoms with van der Waals surface area (Å²) in [7, 11) is 3.19. The predicted molar refractivity (Wildman–Crippen MR) is 120 cm³/mol. The van der Waals surface area contributed by atoms with Crippen molar-refractivity contribution in [3.8, 4) is 11.5 Å². The highest BCUT2D eigenvalue weighted by molar-refractivity contribution is 8.26. The van der Waals surface area contributed by atoms with E-state index in [-0.39, 0.29) is 5.91 Å². The van der Waals surface area contributed by atoms with Gasteiger partial charge in [0.15, 0.2) is 11.5 Å². The SMILES string of the molecule is COc1ccc(CCN2C(=O)C(=Cc3ccc(Cl)cc3Cl)SC2=S)cc1OC. The average molecular weight is 454 g/mol. The standard InChI is InChI=1S/C20H17Cl2NO3S2/c1-25-16-6-3-12(9-17(16)26-2)7-8-23-19(24)18(28-20(23)27)10-13-4-5-14(21)11-15(13)22/h3-6,9-11H,7-8H2,1-2H3. The molecule has 1 amide bonds. The summed E-state index contributed by atoms with van der Waals surface area (Å²) in [6.45, 7) is 0.478. The topological polar surface area (TPSA) is 38.8 Å². The van der Waals surface area contributed by atoms with E-state index in [1.807, 2.05) is 18.2 Å². The minimum absolute atomic E-state index is 0.124. The van der Waals surface area contributed by atoms with Crippen LogP contribution in [0, 0.1) is 0 Å². The van der Waals surface area contributed by atoms with Crippen molar-refractivity contribution in [1.82, 2.24) is 4.90 Å². The summed E-state index contributed by atoms with van der Waals surface area (Å²) in [5.74, 6) is 1.20. The Kier molecular flexibility index (Phi) is 6.88. The van der Waals surface area contributed by atoms with Crippen LogP contribution < -0.4 is 9.47 Å². The zero-order valence-corrected chi connectivity index (χ0v) is 18.3. The Bertz CT molecular complexity index is 962. The number of hydrogen-bond donors (Lipinski definition) is 0. The van der Waals surface area contributed by atoms with Gasteiger partial charge in [-0.2, -0.15) is 0 Å². The lowest BCUT2D eigenvalue weighted by molar-refractivity contribution is -0.122. The molecule has 1 saturated heterocycles. The number of amides is 1. The molecule has 28 heavy (non-hydrogen) atoms. The third-order valence-corrected chi connectivity index (χ3v) is 6.13. The maximum absolute atomic E-state index is 12.8. The summed E-state index contributed by atoms with van der Waals surface area (Å²) in [6.07, 6.45) is 2.39. The van der Waals surface area contributed by atoms with Gasteiger partial charge in [-0.25, -0.2) is 0 Å². The van der Waals surface area contributed by atoms with Crippen LogP contribution in [0.15, 0.2) is 41.3 Å². The van der Waals surface area contributed by atoms with Crippen LogP contribution in [0.25, 0.3) is 6.08 Å². The van der Waals surface area contributed by atoms with E-state index >= 15 is 0 Å². The molecule has 4 nitrogen and oxygen atoms in total. The Hall–Kier alpha value is -1.73. The van der Waals surface area contributed by atoms with Crippen molar-refractivity contribution in [3.63, 3.8) is 0 Å². The third kappa shape index (κ3) is 4.63. The fourth-order valence-corrected chi connectivity index (χ4v) is 4.49. The van der Waals surface area contributed by atoms with Crippen LogP contribution in [0.5, 0.6) is 11.5 Å². The van der Waals surface area contributed by atoms with Gasteiger partial charge in [-0.1, -0.05) is 59.3 Å². The van der Waals surface area contributed by atoms with Gasteiger partial charge in [0.25, 0.3) is 5.91 Å². The number of hydrogen-bond acceptors (Lipinski definition) is 5. The van der Waals surface area contributed by atoms with Crippen LogP contribution in [-0.2, 0) is 11.2 Å². The highest BCUT2D eigenvalue weighted by Crippen LogP contribution is 2.35. The second-order valence-electron chi connectivity index (χ2n) is 5.94. The van der Waals surface area contributed by atoms with E-state index in [0.717, 1.165) is 11.1 Å². The monoisotopic (exact) mass is 453 g/mol. The lowest BCUT2D eigenvalue weighted by Crippen LogP contribution is -2.30. The largest absolute Gasteiger partial charge is 0.493 e. The smallest absolute Gasteiger partial charge is 0.266 e. The van der Waals surface area contributed by atoms with Crippen LogP contribution >= 0.6 is 47.2 Å². The van der Waals surface area contributed by atoms with E-state index in [4.69, 9.17) is 44.9 Å². The second kappa shape index (κ2) is 9.18. The van der Waals surface area contributed by atoms with E-state index in [9.17, 15) is 4.79 Å². The summed E-state index contributed by atoms with van der Waals surface area (Å²) < 4.78 is 11.1. The normalized spacial score (nSPS) is 15.4. The Labute approximate surface area is 183 Å². The number of thioether (sulfide) groups is 1. The molecule has 1 fully saturated rings. The number of carbonyl (C=O) groups is 1. The first-order chi connectivity index (χ1) is 13.4. The fraction of sp³-hybridized carbons (Fsp3) is 0.200. The van der Waals surface area contributed by atoms with Crippen molar-refractivity contribution in [1.29, 1.82) is 0 Å². The molecule has 3 rings (SSSR count). The van der Waals surface area contributed by atoms with Gasteiger partial charge in [-0.15, -0.1) is 0 Å². The molecule has 0 radical (unpaired) electrons. The van der Waals surface area contributed by atoms with Gasteiger partial charge in [0.05, 0.1) is 19.1 Å². The van der Waals surface area contributed by atoms with Gasteiger partial charge in [0.1, 0.15) is 4.32 Å². The van der Waals surface area contributed by atoms with Gasteiger partial charge < -0.3 is 9.47 Å². The van der Waals surface area contributed by atoms with E-state index < -0.39 is 0 Å². The van der Waals surface area contributed by atoms with E-state index in [1.54, 1.807) is 43.4 Å². The van der Waals surface area contributed by atoms with Crippen molar-refractivity contribution in [2.45, 2.75) is 6.42 Å². The third-order valence-electron chi connectivity index (χ3n) is 4.19. The zero-order valence-electron chi connectivity index (χ0n) is 15.2. The molecule has 0 atom stereocenters. The molecule has 0 bridgehead atoms. The highest BCUT2D eigenvalue weighted by atomic mass is 35.5. The zero-order chi connectivity index (χ0) is 20.3. The number of benzene rings is 2. The summed E-state index contributed by atoms with van der Waals surface area (Å²) in [5, 5.41) is 1.03. The minimum Gasteiger partial charge on any atom is -0.493 e. The van der Waals surface area contributed by atoms with E-state index in [2.05, 4.69) is 0 Å². The summed E-state index contributed by atoms with van der Waals surface area (Å²) >= 11 is 18.8. The molecule has 1 aliphatic rings. The maximum Gasteiger partial charge on any atom is 0.266 e. The van der Waals surface area contributed by atoms with Crippen LogP contribution in [0.2, 0.25) is 10.0 Å². The van der Waals surface area contributed by atoms with Gasteiger partial charge in [0, 0.05) is 16.6 Å². The van der Waals surface area contributed by atoms with Crippen molar-refractivity contribution in [2.24, 2.45) is 0 Å². The minimum atomic E-state index is -0.124. The molecule has 1 heterocycles. The molecular weight excluding hydrogens is 437 g/mol. The van der Waals surface area contributed by atoms with E-state index in [1.165, 1.54) is 11.8 Å². The van der Waals surface area contributed by atoms with Crippen LogP contribution in [-0.4, -0.2) is 35.9 Å². The fourth-order valence-electron chi connectivity index (χ4n) is 2.73. The first kappa shape index (κ1) is 21.0. The maximum atomic E-state index is 12.8. The first-order valence-electron chi connectivity index (χ1n) is 8.34. The quantitative estimate of drug-likeness (QED) is 0.429. The number of thiocarbonyl (C=S) groups is 1. The van der Waals surface area contributed by atoms with Gasteiger partial charge in [0.2, 0.25) is 0 Å². The van der Waals surface area contributed by atoms with Crippen molar-refractivity contribution >= 4 is 63.5 Å². The Morgan fingerprint density at radius 1 is 1.11 bits per heavy atom. The van der Waals surface area contributed by atoms with E-state index in [0.29, 0.717) is 43.7 Å². The molecule has 0 saturated carbocycles.